The molecule has 0 aliphatic carbocycles. The van der Waals surface area contributed by atoms with E-state index in [0.29, 0.717) is 0 Å². The number of hydrogen-bond acceptors (Lipinski definition) is 2. The molecule has 0 radical (unpaired) electrons. The molecule has 0 aliphatic heterocycles. The second kappa shape index (κ2) is 7.06. The summed E-state index contributed by atoms with van der Waals surface area (Å²) in [5.74, 6) is 0. The maximum absolute atomic E-state index is 10.7. The van der Waals surface area contributed by atoms with E-state index in [1.54, 1.807) is 0 Å². The van der Waals surface area contributed by atoms with Gasteiger partial charge in [-0.05, 0) is 6.92 Å². The zero-order valence-corrected chi connectivity index (χ0v) is 9.46. The van der Waals surface area contributed by atoms with Crippen LogP contribution in [-0.4, -0.2) is 41.9 Å². The minimum atomic E-state index is -5.84. The molecule has 1 aromatic rings. The molecule has 0 bridgehead atoms. The normalized spacial score (nSPS) is 11.2. The van der Waals surface area contributed by atoms with Crippen LogP contribution in [0.5, 0.6) is 0 Å². The molecule has 0 saturated carbocycles. The standard InChI is InChI=1S/C6H11N2.CHF3O3S.Li.H/c1-3-8-5-4-7(2)6-8;2-1(3,4)8(5,6)7;;/h4-6H,3H2,1-2H3;(H,5,6,7);;/q+1;;;. The van der Waals surface area contributed by atoms with Gasteiger partial charge < -0.3 is 0 Å². The van der Waals surface area contributed by atoms with Crippen molar-refractivity contribution in [1.82, 2.24) is 4.57 Å². The molecule has 1 N–H and O–H groups in total. The molecule has 1 heterocycles. The number of aromatic nitrogens is 2. The molecule has 0 spiro atoms. The number of hydrogen-bond donors (Lipinski definition) is 1. The van der Waals surface area contributed by atoms with Gasteiger partial charge in [0.25, 0.3) is 0 Å². The molecule has 10 heteroatoms. The molecule has 0 fully saturated rings. The summed E-state index contributed by atoms with van der Waals surface area (Å²) in [6.07, 6.45) is 6.14. The first-order chi connectivity index (χ1) is 7.08. The quantitative estimate of drug-likeness (QED) is 0.340. The van der Waals surface area contributed by atoms with E-state index in [1.807, 2.05) is 17.8 Å². The van der Waals surface area contributed by atoms with Gasteiger partial charge >= 0.3 is 34.5 Å². The Morgan fingerprint density at radius 2 is 1.82 bits per heavy atom. The third-order valence-corrected chi connectivity index (χ3v) is 2.07. The monoisotopic (exact) mass is 269 g/mol. The van der Waals surface area contributed by atoms with Crippen LogP contribution in [0, 0.1) is 0 Å². The van der Waals surface area contributed by atoms with Gasteiger partial charge in [-0.3, -0.25) is 4.55 Å². The fraction of sp³-hybridized carbons (Fsp3) is 0.571. The van der Waals surface area contributed by atoms with E-state index in [1.165, 1.54) is 0 Å². The summed E-state index contributed by atoms with van der Waals surface area (Å²) in [4.78, 5) is 0. The van der Waals surface area contributed by atoms with Gasteiger partial charge in [-0.15, -0.1) is 0 Å². The molecule has 1 rings (SSSR count). The Labute approximate surface area is 109 Å². The predicted molar refractivity (Wildman–Crippen MR) is 56.0 cm³/mol. The van der Waals surface area contributed by atoms with E-state index < -0.39 is 15.6 Å². The van der Waals surface area contributed by atoms with Gasteiger partial charge in [0.15, 0.2) is 0 Å². The average Bonchev–Trinajstić information content (AvgIpc) is 2.48. The molecule has 5 nitrogen and oxygen atoms in total. The Morgan fingerprint density at radius 1 is 1.41 bits per heavy atom. The third-order valence-electron chi connectivity index (χ3n) is 1.48. The molecule has 0 saturated heterocycles. The summed E-state index contributed by atoms with van der Waals surface area (Å²) < 4.78 is 61.7. The van der Waals surface area contributed by atoms with Gasteiger partial charge in [0.2, 0.25) is 6.33 Å². The van der Waals surface area contributed by atoms with Crippen LogP contribution in [0.3, 0.4) is 0 Å². The van der Waals surface area contributed by atoms with Crippen LogP contribution in [0.15, 0.2) is 18.7 Å². The number of imidazole rings is 1. The van der Waals surface area contributed by atoms with E-state index in [-0.39, 0.29) is 18.9 Å². The van der Waals surface area contributed by atoms with Gasteiger partial charge in [-0.1, -0.05) is 0 Å². The van der Waals surface area contributed by atoms with Crippen LogP contribution in [0.2, 0.25) is 0 Å². The average molecular weight is 269 g/mol. The fourth-order valence-electron chi connectivity index (χ4n) is 0.689. The van der Waals surface area contributed by atoms with Gasteiger partial charge in [-0.25, -0.2) is 9.13 Å². The Bertz CT molecular complexity index is 430. The first-order valence-electron chi connectivity index (χ1n) is 4.12. The molecule has 0 amide bonds. The van der Waals surface area contributed by atoms with Crippen LogP contribution in [-0.2, 0) is 23.7 Å². The van der Waals surface area contributed by atoms with Gasteiger partial charge in [0, 0.05) is 0 Å². The summed E-state index contributed by atoms with van der Waals surface area (Å²) in [5, 5.41) is 0. The Morgan fingerprint density at radius 3 is 1.94 bits per heavy atom. The molecule has 0 aliphatic rings. The van der Waals surface area contributed by atoms with Gasteiger partial charge in [0.05, 0.1) is 13.6 Å². The third kappa shape index (κ3) is 7.44. The van der Waals surface area contributed by atoms with Crippen molar-refractivity contribution >= 4 is 29.0 Å². The van der Waals surface area contributed by atoms with Crippen molar-refractivity contribution in [3.8, 4) is 0 Å². The number of nitrogens with zero attached hydrogens (tertiary/aromatic N) is 2. The Balaban J connectivity index is 0. The van der Waals surface area contributed by atoms with Crippen molar-refractivity contribution in [3.05, 3.63) is 18.7 Å². The summed E-state index contributed by atoms with van der Waals surface area (Å²) >= 11 is 0. The second-order valence-corrected chi connectivity index (χ2v) is 4.24. The molecule has 0 aromatic carbocycles. The van der Waals surface area contributed by atoms with Crippen LogP contribution in [0.25, 0.3) is 0 Å². The van der Waals surface area contributed by atoms with Gasteiger partial charge in [0.1, 0.15) is 12.4 Å². The number of alkyl halides is 3. The number of rotatable bonds is 1. The number of aryl methyl sites for hydroxylation is 2. The molecular formula is C7H13F3LiN2O3S+. The van der Waals surface area contributed by atoms with Crippen molar-refractivity contribution in [2.24, 2.45) is 7.05 Å². The SMILES string of the molecule is CC[n+]1ccn(C)c1.O=S(=O)(O)C(F)(F)F.[LiH]. The summed E-state index contributed by atoms with van der Waals surface area (Å²) in [6, 6.07) is 0. The minimum absolute atomic E-state index is 0. The van der Waals surface area contributed by atoms with Crippen molar-refractivity contribution in [1.29, 1.82) is 0 Å². The summed E-state index contributed by atoms with van der Waals surface area (Å²) in [5.41, 5.74) is -5.53. The van der Waals surface area contributed by atoms with E-state index in [4.69, 9.17) is 13.0 Å². The van der Waals surface area contributed by atoms with E-state index >= 15 is 0 Å². The van der Waals surface area contributed by atoms with Crippen LogP contribution in [0.1, 0.15) is 6.92 Å². The summed E-state index contributed by atoms with van der Waals surface area (Å²) in [6.45, 7) is 3.18. The molecule has 96 valence electrons. The molecule has 0 unspecified atom stereocenters. The van der Waals surface area contributed by atoms with Crippen molar-refractivity contribution < 1.29 is 30.7 Å². The number of halogens is 3. The summed E-state index contributed by atoms with van der Waals surface area (Å²) in [7, 11) is -3.82. The molecule has 17 heavy (non-hydrogen) atoms. The zero-order chi connectivity index (χ0) is 13.0. The van der Waals surface area contributed by atoms with E-state index in [0.717, 1.165) is 6.54 Å². The van der Waals surface area contributed by atoms with Crippen molar-refractivity contribution in [2.45, 2.75) is 19.0 Å². The zero-order valence-electron chi connectivity index (χ0n) is 8.64. The molecule has 0 atom stereocenters. The van der Waals surface area contributed by atoms with Gasteiger partial charge in [-0.2, -0.15) is 21.6 Å². The van der Waals surface area contributed by atoms with E-state index in [2.05, 4.69) is 24.0 Å². The maximum atomic E-state index is 10.7. The Hall–Kier alpha value is -0.493. The second-order valence-electron chi connectivity index (χ2n) is 2.83. The topological polar surface area (TPSA) is 63.2 Å². The van der Waals surface area contributed by atoms with Crippen LogP contribution in [0.4, 0.5) is 13.2 Å². The first-order valence-corrected chi connectivity index (χ1v) is 5.56. The van der Waals surface area contributed by atoms with Crippen molar-refractivity contribution in [2.75, 3.05) is 0 Å². The first kappa shape index (κ1) is 18.9. The van der Waals surface area contributed by atoms with Crippen LogP contribution >= 0.6 is 0 Å². The van der Waals surface area contributed by atoms with Crippen molar-refractivity contribution in [3.63, 3.8) is 0 Å². The predicted octanol–water partition coefficient (Wildman–Crippen LogP) is 0.0780. The van der Waals surface area contributed by atoms with Crippen LogP contribution < -0.4 is 4.57 Å². The Kier molecular flexibility index (Phi) is 7.83. The molecule has 1 aromatic heterocycles. The molecular weight excluding hydrogens is 256 g/mol. The van der Waals surface area contributed by atoms with E-state index in [9.17, 15) is 13.2 Å². The fourth-order valence-corrected chi connectivity index (χ4v) is 0.689.